The maximum atomic E-state index is 5.21. The molecule has 24 heavy (non-hydrogen) atoms. The Hall–Kier alpha value is -1.66. The van der Waals surface area contributed by atoms with Crippen LogP contribution in [0.1, 0.15) is 48.9 Å². The van der Waals surface area contributed by atoms with Gasteiger partial charge in [-0.25, -0.2) is 0 Å². The Bertz CT molecular complexity index is 658. The van der Waals surface area contributed by atoms with Gasteiger partial charge in [-0.05, 0) is 45.3 Å². The van der Waals surface area contributed by atoms with Crippen molar-refractivity contribution >= 4 is 0 Å². The van der Waals surface area contributed by atoms with E-state index in [2.05, 4.69) is 30.8 Å². The van der Waals surface area contributed by atoms with Gasteiger partial charge in [0, 0.05) is 38.4 Å². The van der Waals surface area contributed by atoms with E-state index in [0.717, 1.165) is 31.1 Å². The number of hydrogen-bond donors (Lipinski definition) is 0. The Morgan fingerprint density at radius 1 is 1.21 bits per heavy atom. The van der Waals surface area contributed by atoms with Crippen molar-refractivity contribution < 1.29 is 4.52 Å². The first-order valence-electron chi connectivity index (χ1n) is 9.17. The van der Waals surface area contributed by atoms with Gasteiger partial charge in [0.1, 0.15) is 5.76 Å². The SMILES string of the molecule is Cc1cc(CN2Cc3ccnn3[C@@H](CCN3CCCCC3)C2)no1. The van der Waals surface area contributed by atoms with Gasteiger partial charge in [0.2, 0.25) is 0 Å². The number of likely N-dealkylation sites (tertiary alicyclic amines) is 1. The molecule has 6 heteroatoms. The van der Waals surface area contributed by atoms with E-state index in [1.807, 2.05) is 19.2 Å². The van der Waals surface area contributed by atoms with Crippen LogP contribution in [0, 0.1) is 6.92 Å². The van der Waals surface area contributed by atoms with Gasteiger partial charge in [-0.2, -0.15) is 5.10 Å². The summed E-state index contributed by atoms with van der Waals surface area (Å²) in [7, 11) is 0. The predicted octanol–water partition coefficient (Wildman–Crippen LogP) is 2.61. The number of fused-ring (bicyclic) bond motifs is 1. The van der Waals surface area contributed by atoms with E-state index in [-0.39, 0.29) is 0 Å². The second kappa shape index (κ2) is 7.07. The van der Waals surface area contributed by atoms with Crippen LogP contribution in [0.4, 0.5) is 0 Å². The molecule has 0 N–H and O–H groups in total. The van der Waals surface area contributed by atoms with E-state index in [1.54, 1.807) is 0 Å². The van der Waals surface area contributed by atoms with Crippen molar-refractivity contribution in [2.24, 2.45) is 0 Å². The van der Waals surface area contributed by atoms with E-state index in [1.165, 1.54) is 51.0 Å². The number of aryl methyl sites for hydroxylation is 1. The molecule has 2 aromatic heterocycles. The van der Waals surface area contributed by atoms with Crippen molar-refractivity contribution in [1.82, 2.24) is 24.7 Å². The van der Waals surface area contributed by atoms with Crippen molar-refractivity contribution in [1.29, 1.82) is 0 Å². The molecule has 1 atom stereocenters. The maximum absolute atomic E-state index is 5.21. The van der Waals surface area contributed by atoms with Gasteiger partial charge >= 0.3 is 0 Å². The average molecular weight is 329 g/mol. The summed E-state index contributed by atoms with van der Waals surface area (Å²) < 4.78 is 7.46. The third-order valence-electron chi connectivity index (χ3n) is 5.24. The van der Waals surface area contributed by atoms with Gasteiger partial charge < -0.3 is 9.42 Å². The molecule has 6 nitrogen and oxygen atoms in total. The fraction of sp³-hybridized carbons (Fsp3) is 0.667. The van der Waals surface area contributed by atoms with Crippen molar-refractivity contribution in [3.05, 3.63) is 35.5 Å². The highest BCUT2D eigenvalue weighted by Crippen LogP contribution is 2.25. The Morgan fingerprint density at radius 2 is 2.08 bits per heavy atom. The molecule has 4 rings (SSSR count). The van der Waals surface area contributed by atoms with Crippen molar-refractivity contribution in [2.45, 2.75) is 51.7 Å². The molecule has 0 saturated carbocycles. The summed E-state index contributed by atoms with van der Waals surface area (Å²) in [6, 6.07) is 4.64. The zero-order valence-electron chi connectivity index (χ0n) is 14.5. The zero-order chi connectivity index (χ0) is 16.4. The predicted molar refractivity (Wildman–Crippen MR) is 91.5 cm³/mol. The minimum absolute atomic E-state index is 0.457. The maximum Gasteiger partial charge on any atom is 0.133 e. The standard InChI is InChI=1S/C18H27N5O/c1-15-11-16(20-24-15)12-22-13-17-5-7-19-23(17)18(14-22)6-10-21-8-3-2-4-9-21/h5,7,11,18H,2-4,6,8-10,12-14H2,1H3/t18-/m0/s1. The second-order valence-corrected chi connectivity index (χ2v) is 7.21. The Balaban J connectivity index is 1.40. The van der Waals surface area contributed by atoms with Crippen LogP contribution < -0.4 is 0 Å². The van der Waals surface area contributed by atoms with Crippen LogP contribution >= 0.6 is 0 Å². The molecule has 0 radical (unpaired) electrons. The lowest BCUT2D eigenvalue weighted by atomic mass is 10.1. The summed E-state index contributed by atoms with van der Waals surface area (Å²) in [6.45, 7) is 8.48. The van der Waals surface area contributed by atoms with E-state index in [9.17, 15) is 0 Å². The minimum atomic E-state index is 0.457. The molecule has 0 bridgehead atoms. The molecule has 0 aromatic carbocycles. The fourth-order valence-electron chi connectivity index (χ4n) is 4.03. The molecule has 0 aliphatic carbocycles. The summed E-state index contributed by atoms with van der Waals surface area (Å²) in [5.74, 6) is 0.883. The number of rotatable bonds is 5. The number of hydrogen-bond acceptors (Lipinski definition) is 5. The lowest BCUT2D eigenvalue weighted by Gasteiger charge is -2.35. The highest BCUT2D eigenvalue weighted by Gasteiger charge is 2.26. The minimum Gasteiger partial charge on any atom is -0.361 e. The van der Waals surface area contributed by atoms with Crippen LogP contribution in [0.2, 0.25) is 0 Å². The first kappa shape index (κ1) is 15.8. The Morgan fingerprint density at radius 3 is 2.88 bits per heavy atom. The van der Waals surface area contributed by atoms with Crippen molar-refractivity contribution in [3.8, 4) is 0 Å². The zero-order valence-corrected chi connectivity index (χ0v) is 14.5. The monoisotopic (exact) mass is 329 g/mol. The molecular weight excluding hydrogens is 302 g/mol. The molecule has 2 aliphatic rings. The highest BCUT2D eigenvalue weighted by molar-refractivity contribution is 5.08. The van der Waals surface area contributed by atoms with Gasteiger partial charge in [-0.3, -0.25) is 9.58 Å². The summed E-state index contributed by atoms with van der Waals surface area (Å²) in [4.78, 5) is 5.09. The van der Waals surface area contributed by atoms with Crippen LogP contribution in [0.3, 0.4) is 0 Å². The molecular formula is C18H27N5O. The molecule has 2 aromatic rings. The molecule has 4 heterocycles. The fourth-order valence-corrected chi connectivity index (χ4v) is 4.03. The van der Waals surface area contributed by atoms with Crippen LogP contribution in [0.5, 0.6) is 0 Å². The van der Waals surface area contributed by atoms with Crippen LogP contribution in [0.15, 0.2) is 22.9 Å². The van der Waals surface area contributed by atoms with Gasteiger partial charge in [-0.1, -0.05) is 11.6 Å². The number of aromatic nitrogens is 3. The largest absolute Gasteiger partial charge is 0.361 e. The van der Waals surface area contributed by atoms with E-state index in [4.69, 9.17) is 4.52 Å². The summed E-state index contributed by atoms with van der Waals surface area (Å²) >= 11 is 0. The number of piperidine rings is 1. The summed E-state index contributed by atoms with van der Waals surface area (Å²) in [5, 5.41) is 8.74. The second-order valence-electron chi connectivity index (χ2n) is 7.21. The smallest absolute Gasteiger partial charge is 0.133 e. The lowest BCUT2D eigenvalue weighted by molar-refractivity contribution is 0.140. The van der Waals surface area contributed by atoms with E-state index >= 15 is 0 Å². The van der Waals surface area contributed by atoms with Crippen molar-refractivity contribution in [3.63, 3.8) is 0 Å². The average Bonchev–Trinajstić information content (AvgIpc) is 3.22. The molecule has 1 fully saturated rings. The molecule has 130 valence electrons. The van der Waals surface area contributed by atoms with Crippen molar-refractivity contribution in [2.75, 3.05) is 26.2 Å². The topological polar surface area (TPSA) is 50.3 Å². The van der Waals surface area contributed by atoms with Gasteiger partial charge in [0.25, 0.3) is 0 Å². The van der Waals surface area contributed by atoms with Crippen LogP contribution in [-0.2, 0) is 13.1 Å². The molecule has 0 spiro atoms. The molecule has 0 amide bonds. The first-order chi connectivity index (χ1) is 11.8. The normalized spacial score (nSPS) is 22.6. The van der Waals surface area contributed by atoms with Gasteiger partial charge in [0.05, 0.1) is 17.4 Å². The molecule has 0 unspecified atom stereocenters. The Labute approximate surface area is 143 Å². The van der Waals surface area contributed by atoms with E-state index < -0.39 is 0 Å². The Kier molecular flexibility index (Phi) is 4.67. The molecule has 2 aliphatic heterocycles. The lowest BCUT2D eigenvalue weighted by Crippen LogP contribution is -2.39. The van der Waals surface area contributed by atoms with Crippen LogP contribution in [0.25, 0.3) is 0 Å². The third kappa shape index (κ3) is 3.54. The van der Waals surface area contributed by atoms with Gasteiger partial charge in [-0.15, -0.1) is 0 Å². The third-order valence-corrected chi connectivity index (χ3v) is 5.24. The summed E-state index contributed by atoms with van der Waals surface area (Å²) in [6.07, 6.45) is 7.22. The van der Waals surface area contributed by atoms with Crippen LogP contribution in [-0.4, -0.2) is 50.9 Å². The van der Waals surface area contributed by atoms with E-state index in [0.29, 0.717) is 6.04 Å². The summed E-state index contributed by atoms with van der Waals surface area (Å²) in [5.41, 5.74) is 2.33. The first-order valence-corrected chi connectivity index (χ1v) is 9.17. The number of nitrogens with zero attached hydrogens (tertiary/aromatic N) is 5. The molecule has 1 saturated heterocycles. The van der Waals surface area contributed by atoms with Gasteiger partial charge in [0.15, 0.2) is 0 Å². The highest BCUT2D eigenvalue weighted by atomic mass is 16.5. The quantitative estimate of drug-likeness (QED) is 0.844.